The largest absolute Gasteiger partial charge is 0.458 e. The predicted octanol–water partition coefficient (Wildman–Crippen LogP) is 9.46. The van der Waals surface area contributed by atoms with E-state index in [0.29, 0.717) is 23.6 Å². The zero-order chi connectivity index (χ0) is 25.6. The Morgan fingerprint density at radius 1 is 0.771 bits per heavy atom. The molecule has 0 bridgehead atoms. The second kappa shape index (κ2) is 12.0. The third-order valence-electron chi connectivity index (χ3n) is 6.76. The van der Waals surface area contributed by atoms with E-state index in [0.717, 1.165) is 31.6 Å². The summed E-state index contributed by atoms with van der Waals surface area (Å²) in [6, 6.07) is 3.58. The van der Waals surface area contributed by atoms with Crippen LogP contribution in [0.25, 0.3) is 11.1 Å². The van der Waals surface area contributed by atoms with Gasteiger partial charge in [0.15, 0.2) is 0 Å². The molecule has 1 aliphatic carbocycles. The van der Waals surface area contributed by atoms with Crippen LogP contribution in [0.1, 0.15) is 88.2 Å². The van der Waals surface area contributed by atoms with Crippen LogP contribution in [0.15, 0.2) is 24.3 Å². The summed E-state index contributed by atoms with van der Waals surface area (Å²) in [7, 11) is 0. The number of alkyl halides is 3. The highest BCUT2D eigenvalue weighted by molar-refractivity contribution is 5.67. The molecular weight excluding hydrogens is 469 g/mol. The number of unbranched alkanes of at least 4 members (excludes halogenated alkanes) is 4. The Morgan fingerprint density at radius 2 is 1.34 bits per heavy atom. The first-order valence-electron chi connectivity index (χ1n) is 12.2. The summed E-state index contributed by atoms with van der Waals surface area (Å²) in [5.74, 6) is -1.95. The fourth-order valence-electron chi connectivity index (χ4n) is 4.90. The average Bonchev–Trinajstić information content (AvgIpc) is 2.77. The summed E-state index contributed by atoms with van der Waals surface area (Å²) >= 11 is 0. The van der Waals surface area contributed by atoms with E-state index in [1.165, 1.54) is 56.6 Å². The zero-order valence-electron chi connectivity index (χ0n) is 19.7. The third-order valence-corrected chi connectivity index (χ3v) is 6.76. The van der Waals surface area contributed by atoms with Gasteiger partial charge in [0.05, 0.1) is 11.1 Å². The summed E-state index contributed by atoms with van der Waals surface area (Å²) in [5, 5.41) is 0. The van der Waals surface area contributed by atoms with Crippen molar-refractivity contribution < 1.29 is 30.7 Å². The van der Waals surface area contributed by atoms with Crippen molar-refractivity contribution in [1.29, 1.82) is 0 Å². The van der Waals surface area contributed by atoms with Gasteiger partial charge in [0.2, 0.25) is 0 Å². The molecule has 0 heterocycles. The van der Waals surface area contributed by atoms with E-state index in [1.807, 2.05) is 0 Å². The molecule has 0 atom stereocenters. The Labute approximate surface area is 201 Å². The van der Waals surface area contributed by atoms with Gasteiger partial charge in [0.25, 0.3) is 0 Å². The maximum absolute atomic E-state index is 14.9. The van der Waals surface area contributed by atoms with Crippen LogP contribution >= 0.6 is 0 Å². The minimum atomic E-state index is -4.93. The van der Waals surface area contributed by atoms with Gasteiger partial charge >= 0.3 is 6.18 Å². The van der Waals surface area contributed by atoms with E-state index >= 15 is 0 Å². The Kier molecular flexibility index (Phi) is 9.27. The Morgan fingerprint density at radius 3 is 1.89 bits per heavy atom. The summed E-state index contributed by atoms with van der Waals surface area (Å²) < 4.78 is 95.0. The maximum atomic E-state index is 14.9. The fourth-order valence-corrected chi connectivity index (χ4v) is 4.90. The van der Waals surface area contributed by atoms with Crippen LogP contribution in [0.5, 0.6) is 0 Å². The Bertz CT molecular complexity index is 1020. The maximum Gasteiger partial charge on any atom is 0.458 e. The highest BCUT2D eigenvalue weighted by Gasteiger charge is 2.26. The number of hydrogen-bond donors (Lipinski definition) is 0. The van der Waals surface area contributed by atoms with Crippen molar-refractivity contribution >= 4 is 0 Å². The lowest BCUT2D eigenvalue weighted by Crippen LogP contribution is -2.14. The SMILES string of the molecule is CCCCCCCC1CCC(c2cc(F)c(-c3cc(F)c(C#CC(F)(F)F)c(F)c3)c(F)c2)CC1. The molecule has 7 heteroatoms. The van der Waals surface area contributed by atoms with Crippen LogP contribution in [0.3, 0.4) is 0 Å². The summed E-state index contributed by atoms with van der Waals surface area (Å²) in [4.78, 5) is 0. The third kappa shape index (κ3) is 7.49. The lowest BCUT2D eigenvalue weighted by atomic mass is 9.76. The number of halogens is 7. The van der Waals surface area contributed by atoms with E-state index in [9.17, 15) is 30.7 Å². The monoisotopic (exact) mass is 498 g/mol. The average molecular weight is 499 g/mol. The number of rotatable bonds is 8. The molecule has 0 N–H and O–H groups in total. The van der Waals surface area contributed by atoms with Gasteiger partial charge in [-0.15, -0.1) is 0 Å². The summed E-state index contributed by atoms with van der Waals surface area (Å²) in [5.41, 5.74) is -1.65. The molecule has 0 radical (unpaired) electrons. The highest BCUT2D eigenvalue weighted by atomic mass is 19.4. The van der Waals surface area contributed by atoms with Gasteiger partial charge in [-0.05, 0) is 72.9 Å². The molecule has 0 saturated heterocycles. The number of benzene rings is 2. The molecule has 0 aliphatic heterocycles. The van der Waals surface area contributed by atoms with Crippen molar-refractivity contribution in [3.05, 3.63) is 58.7 Å². The van der Waals surface area contributed by atoms with Crippen molar-refractivity contribution in [3.63, 3.8) is 0 Å². The first-order valence-corrected chi connectivity index (χ1v) is 12.2. The standard InChI is InChI=1S/C28H29F7/c1-2-3-4-5-6-7-18-8-10-19(11-9-18)20-14-25(31)27(26(32)15-20)21-16-23(29)22(24(30)17-21)12-13-28(33,34)35/h14-19H,2-11H2,1H3. The van der Waals surface area contributed by atoms with Crippen molar-refractivity contribution in [2.24, 2.45) is 5.92 Å². The predicted molar refractivity (Wildman–Crippen MR) is 123 cm³/mol. The molecule has 0 spiro atoms. The van der Waals surface area contributed by atoms with Gasteiger partial charge in [-0.3, -0.25) is 0 Å². The molecule has 3 rings (SSSR count). The zero-order valence-corrected chi connectivity index (χ0v) is 19.7. The van der Waals surface area contributed by atoms with Gasteiger partial charge in [-0.25, -0.2) is 17.6 Å². The summed E-state index contributed by atoms with van der Waals surface area (Å²) in [6.07, 6.45) is 6.08. The molecule has 1 saturated carbocycles. The smallest absolute Gasteiger partial charge is 0.206 e. The molecule has 1 aliphatic rings. The molecule has 35 heavy (non-hydrogen) atoms. The molecule has 0 aromatic heterocycles. The van der Waals surface area contributed by atoms with Gasteiger partial charge in [-0.2, -0.15) is 13.2 Å². The van der Waals surface area contributed by atoms with Crippen molar-refractivity contribution in [1.82, 2.24) is 0 Å². The van der Waals surface area contributed by atoms with Gasteiger partial charge in [-0.1, -0.05) is 51.4 Å². The van der Waals surface area contributed by atoms with Crippen molar-refractivity contribution in [2.75, 3.05) is 0 Å². The quantitative estimate of drug-likeness (QED) is 0.193. The van der Waals surface area contributed by atoms with E-state index in [4.69, 9.17) is 0 Å². The van der Waals surface area contributed by atoms with Gasteiger partial charge in [0, 0.05) is 5.92 Å². The van der Waals surface area contributed by atoms with Crippen LogP contribution in [0.4, 0.5) is 30.7 Å². The van der Waals surface area contributed by atoms with Crippen molar-refractivity contribution in [2.45, 2.75) is 83.2 Å². The first-order chi connectivity index (χ1) is 16.6. The molecule has 190 valence electrons. The molecule has 0 amide bonds. The number of hydrogen-bond acceptors (Lipinski definition) is 0. The molecule has 0 nitrogen and oxygen atoms in total. The lowest BCUT2D eigenvalue weighted by Gasteiger charge is -2.29. The van der Waals surface area contributed by atoms with Gasteiger partial charge < -0.3 is 0 Å². The molecule has 1 fully saturated rings. The molecular formula is C28H29F7. The summed E-state index contributed by atoms with van der Waals surface area (Å²) in [6.45, 7) is 2.18. The van der Waals surface area contributed by atoms with Crippen LogP contribution in [-0.4, -0.2) is 6.18 Å². The minimum absolute atomic E-state index is 0.0119. The second-order valence-corrected chi connectivity index (χ2v) is 9.34. The van der Waals surface area contributed by atoms with Gasteiger partial charge in [0.1, 0.15) is 23.3 Å². The minimum Gasteiger partial charge on any atom is -0.206 e. The highest BCUT2D eigenvalue weighted by Crippen LogP contribution is 2.40. The first kappa shape index (κ1) is 27.1. The Balaban J connectivity index is 1.71. The van der Waals surface area contributed by atoms with E-state index < -0.39 is 46.1 Å². The van der Waals surface area contributed by atoms with Crippen LogP contribution in [0, 0.1) is 41.0 Å². The molecule has 2 aromatic rings. The van der Waals surface area contributed by atoms with Crippen LogP contribution in [-0.2, 0) is 0 Å². The fraction of sp³-hybridized carbons (Fsp3) is 0.500. The van der Waals surface area contributed by atoms with E-state index in [2.05, 4.69) is 6.92 Å². The Hall–Kier alpha value is -2.49. The van der Waals surface area contributed by atoms with Crippen molar-refractivity contribution in [3.8, 4) is 23.0 Å². The van der Waals surface area contributed by atoms with Crippen LogP contribution in [0.2, 0.25) is 0 Å². The lowest BCUT2D eigenvalue weighted by molar-refractivity contribution is -0.0696. The van der Waals surface area contributed by atoms with Crippen LogP contribution < -0.4 is 0 Å². The van der Waals surface area contributed by atoms with E-state index in [-0.39, 0.29) is 5.92 Å². The normalized spacial score (nSPS) is 18.3. The topological polar surface area (TPSA) is 0 Å². The second-order valence-electron chi connectivity index (χ2n) is 9.34. The van der Waals surface area contributed by atoms with E-state index in [1.54, 1.807) is 0 Å². The molecule has 0 unspecified atom stereocenters. The molecule has 2 aromatic carbocycles.